The fourth-order valence-electron chi connectivity index (χ4n) is 3.68. The van der Waals surface area contributed by atoms with Crippen molar-refractivity contribution in [3.05, 3.63) is 71.8 Å². The highest BCUT2D eigenvalue weighted by Gasteiger charge is 2.26. The van der Waals surface area contributed by atoms with E-state index in [1.165, 1.54) is 25.7 Å². The van der Waals surface area contributed by atoms with Gasteiger partial charge in [0.2, 0.25) is 0 Å². The number of carbonyl (C=O) groups is 1. The van der Waals surface area contributed by atoms with E-state index in [1.54, 1.807) is 0 Å². The van der Waals surface area contributed by atoms with E-state index < -0.39 is 0 Å². The highest BCUT2D eigenvalue weighted by Crippen LogP contribution is 2.26. The van der Waals surface area contributed by atoms with Crippen molar-refractivity contribution in [1.82, 2.24) is 9.80 Å². The van der Waals surface area contributed by atoms with Gasteiger partial charge in [-0.25, -0.2) is 4.79 Å². The van der Waals surface area contributed by atoms with E-state index in [9.17, 15) is 4.79 Å². The number of rotatable bonds is 8. The van der Waals surface area contributed by atoms with Crippen LogP contribution in [0.5, 0.6) is 0 Å². The number of hydrogen-bond donors (Lipinski definition) is 0. The minimum atomic E-state index is -0.373. The van der Waals surface area contributed by atoms with Crippen LogP contribution in [0.2, 0.25) is 0 Å². The van der Waals surface area contributed by atoms with Crippen LogP contribution >= 0.6 is 0 Å². The van der Waals surface area contributed by atoms with Crippen molar-refractivity contribution in [3.63, 3.8) is 0 Å². The van der Waals surface area contributed by atoms with Crippen LogP contribution in [0, 0.1) is 0 Å². The maximum Gasteiger partial charge on any atom is 0.410 e. The molecule has 3 rings (SSSR count). The maximum absolute atomic E-state index is 12.8. The molecule has 0 spiro atoms. The van der Waals surface area contributed by atoms with Gasteiger partial charge in [0.25, 0.3) is 0 Å². The molecule has 0 radical (unpaired) electrons. The Kier molecular flexibility index (Phi) is 7.92. The summed E-state index contributed by atoms with van der Waals surface area (Å²) < 4.78 is 5.98. The van der Waals surface area contributed by atoms with Crippen LogP contribution < -0.4 is 0 Å². The third-order valence-electron chi connectivity index (χ3n) is 5.38. The van der Waals surface area contributed by atoms with Gasteiger partial charge in [-0.05, 0) is 24.1 Å². The molecule has 1 heterocycles. The van der Waals surface area contributed by atoms with Crippen LogP contribution in [-0.4, -0.2) is 48.6 Å². The lowest BCUT2D eigenvalue weighted by molar-refractivity contribution is 0.0571. The summed E-state index contributed by atoms with van der Waals surface area (Å²) in [6, 6.07) is 19.9. The van der Waals surface area contributed by atoms with Crippen molar-refractivity contribution >= 4 is 6.09 Å². The molecule has 0 saturated carbocycles. The molecule has 1 aliphatic rings. The second-order valence-electron chi connectivity index (χ2n) is 7.47. The number of carbonyl (C=O) groups excluding carboxylic acids is 1. The summed E-state index contributed by atoms with van der Waals surface area (Å²) >= 11 is 0. The molecule has 0 aromatic heterocycles. The zero-order valence-corrected chi connectivity index (χ0v) is 16.9. The van der Waals surface area contributed by atoms with Gasteiger partial charge in [0.15, 0.2) is 6.10 Å². The number of nitrogens with zero attached hydrogens (tertiary/aromatic N) is 2. The number of piperazine rings is 1. The Morgan fingerprint density at radius 1 is 0.857 bits per heavy atom. The molecular formula is C24H32N2O2. The molecule has 1 amide bonds. The first-order valence-corrected chi connectivity index (χ1v) is 10.6. The fraction of sp³-hybridized carbons (Fsp3) is 0.458. The average Bonchev–Trinajstić information content (AvgIpc) is 2.76. The molecule has 4 nitrogen and oxygen atoms in total. The summed E-state index contributed by atoms with van der Waals surface area (Å²) in [5, 5.41) is 0. The van der Waals surface area contributed by atoms with Gasteiger partial charge in [0.1, 0.15) is 0 Å². The van der Waals surface area contributed by atoms with E-state index >= 15 is 0 Å². The van der Waals surface area contributed by atoms with Crippen LogP contribution in [0.15, 0.2) is 60.7 Å². The molecule has 0 aliphatic carbocycles. The van der Waals surface area contributed by atoms with E-state index in [2.05, 4.69) is 11.8 Å². The number of unbranched alkanes of at least 4 members (excludes halogenated alkanes) is 3. The van der Waals surface area contributed by atoms with E-state index in [0.717, 1.165) is 43.9 Å². The molecule has 1 aliphatic heterocycles. The second-order valence-corrected chi connectivity index (χ2v) is 7.47. The summed E-state index contributed by atoms with van der Waals surface area (Å²) in [6.45, 7) is 6.72. The second kappa shape index (κ2) is 10.9. The summed E-state index contributed by atoms with van der Waals surface area (Å²) in [5.74, 6) is 0. The van der Waals surface area contributed by atoms with Crippen LogP contribution in [0.1, 0.15) is 49.8 Å². The van der Waals surface area contributed by atoms with Crippen molar-refractivity contribution in [3.8, 4) is 0 Å². The molecule has 0 atom stereocenters. The van der Waals surface area contributed by atoms with Gasteiger partial charge in [0, 0.05) is 26.2 Å². The highest BCUT2D eigenvalue weighted by molar-refractivity contribution is 5.68. The summed E-state index contributed by atoms with van der Waals surface area (Å²) in [4.78, 5) is 17.2. The van der Waals surface area contributed by atoms with Crippen molar-refractivity contribution in [2.75, 3.05) is 32.7 Å². The van der Waals surface area contributed by atoms with E-state index in [0.29, 0.717) is 0 Å². The lowest BCUT2D eigenvalue weighted by Gasteiger charge is -2.35. The van der Waals surface area contributed by atoms with Gasteiger partial charge in [-0.15, -0.1) is 0 Å². The smallest absolute Gasteiger partial charge is 0.410 e. The zero-order valence-electron chi connectivity index (χ0n) is 16.9. The molecule has 150 valence electrons. The Hall–Kier alpha value is -2.33. The van der Waals surface area contributed by atoms with Crippen molar-refractivity contribution < 1.29 is 9.53 Å². The highest BCUT2D eigenvalue weighted by atomic mass is 16.6. The summed E-state index contributed by atoms with van der Waals surface area (Å²) in [6.07, 6.45) is 4.54. The third-order valence-corrected chi connectivity index (χ3v) is 5.38. The standard InChI is InChI=1S/C24H32N2O2/c1-2-3-4-11-16-25-17-19-26(20-18-25)24(27)28-23(21-12-7-5-8-13-21)22-14-9-6-10-15-22/h5-10,12-15,23H,2-4,11,16-20H2,1H3. The molecule has 0 unspecified atom stereocenters. The number of hydrogen-bond acceptors (Lipinski definition) is 3. The quantitative estimate of drug-likeness (QED) is 0.597. The minimum Gasteiger partial charge on any atom is -0.436 e. The number of benzene rings is 2. The van der Waals surface area contributed by atoms with Crippen molar-refractivity contribution in [2.45, 2.75) is 38.7 Å². The van der Waals surface area contributed by atoms with Crippen molar-refractivity contribution in [2.24, 2.45) is 0 Å². The predicted molar refractivity (Wildman–Crippen MR) is 113 cm³/mol. The van der Waals surface area contributed by atoms with E-state index in [4.69, 9.17) is 4.74 Å². The van der Waals surface area contributed by atoms with E-state index in [-0.39, 0.29) is 12.2 Å². The SMILES string of the molecule is CCCCCCN1CCN(C(=O)OC(c2ccccc2)c2ccccc2)CC1. The van der Waals surface area contributed by atoms with Crippen molar-refractivity contribution in [1.29, 1.82) is 0 Å². The first kappa shape index (κ1) is 20.4. The maximum atomic E-state index is 12.8. The van der Waals surface area contributed by atoms with Gasteiger partial charge in [0.05, 0.1) is 0 Å². The molecule has 2 aromatic rings. The molecule has 0 bridgehead atoms. The van der Waals surface area contributed by atoms with Crippen LogP contribution in [0.3, 0.4) is 0 Å². The lowest BCUT2D eigenvalue weighted by atomic mass is 10.0. The predicted octanol–water partition coefficient (Wildman–Crippen LogP) is 5.11. The Morgan fingerprint density at radius 3 is 1.96 bits per heavy atom. The van der Waals surface area contributed by atoms with Crippen LogP contribution in [0.4, 0.5) is 4.79 Å². The van der Waals surface area contributed by atoms with Gasteiger partial charge >= 0.3 is 6.09 Å². The Morgan fingerprint density at radius 2 is 1.43 bits per heavy atom. The lowest BCUT2D eigenvalue weighted by Crippen LogP contribution is -2.49. The third kappa shape index (κ3) is 5.83. The largest absolute Gasteiger partial charge is 0.436 e. The van der Waals surface area contributed by atoms with Crippen LogP contribution in [-0.2, 0) is 4.74 Å². The summed E-state index contributed by atoms with van der Waals surface area (Å²) in [5.41, 5.74) is 1.99. The molecule has 1 saturated heterocycles. The minimum absolute atomic E-state index is 0.219. The summed E-state index contributed by atoms with van der Waals surface area (Å²) in [7, 11) is 0. The molecule has 0 N–H and O–H groups in total. The van der Waals surface area contributed by atoms with Gasteiger partial charge in [-0.1, -0.05) is 86.8 Å². The fourth-order valence-corrected chi connectivity index (χ4v) is 3.68. The Balaban J connectivity index is 1.56. The first-order valence-electron chi connectivity index (χ1n) is 10.6. The monoisotopic (exact) mass is 380 g/mol. The molecule has 2 aromatic carbocycles. The normalized spacial score (nSPS) is 15.0. The van der Waals surface area contributed by atoms with Gasteiger partial charge in [-0.2, -0.15) is 0 Å². The average molecular weight is 381 g/mol. The molecule has 4 heteroatoms. The van der Waals surface area contributed by atoms with Crippen LogP contribution in [0.25, 0.3) is 0 Å². The molecular weight excluding hydrogens is 348 g/mol. The Labute approximate surface area is 169 Å². The van der Waals surface area contributed by atoms with Gasteiger partial charge < -0.3 is 9.64 Å². The molecule has 1 fully saturated rings. The number of ether oxygens (including phenoxy) is 1. The number of amides is 1. The first-order chi connectivity index (χ1) is 13.8. The zero-order chi connectivity index (χ0) is 19.6. The van der Waals surface area contributed by atoms with Gasteiger partial charge in [-0.3, -0.25) is 4.90 Å². The van der Waals surface area contributed by atoms with E-state index in [1.807, 2.05) is 65.6 Å². The topological polar surface area (TPSA) is 32.8 Å². The molecule has 28 heavy (non-hydrogen) atoms. The Bertz CT molecular complexity index is 658.